The lowest BCUT2D eigenvalue weighted by molar-refractivity contribution is -0.425. The molecule has 0 saturated heterocycles. The van der Waals surface area contributed by atoms with Gasteiger partial charge in [0, 0.05) is 14.2 Å². The molecule has 0 N–H and O–H groups in total. The molecule has 0 amide bonds. The normalized spacial score (nSPS) is 15.1. The van der Waals surface area contributed by atoms with Crippen molar-refractivity contribution in [1.82, 2.24) is 0 Å². The Morgan fingerprint density at radius 2 is 0.979 bits per heavy atom. The summed E-state index contributed by atoms with van der Waals surface area (Å²) in [5.74, 6) is -0.183. The van der Waals surface area contributed by atoms with Gasteiger partial charge in [-0.2, -0.15) is 39.5 Å². The molecule has 3 aromatic carbocycles. The van der Waals surface area contributed by atoms with Gasteiger partial charge in [-0.25, -0.2) is 0 Å². The van der Waals surface area contributed by atoms with E-state index in [2.05, 4.69) is 14.2 Å². The summed E-state index contributed by atoms with van der Waals surface area (Å²) in [4.78, 5) is 2.07. The fourth-order valence-corrected chi connectivity index (χ4v) is 6.65. The molecule has 48 heavy (non-hydrogen) atoms. The summed E-state index contributed by atoms with van der Waals surface area (Å²) in [6.07, 6.45) is -16.6. The SMILES string of the molecule is COCOC(C)(COc1ccc([S+](c2ccccc2)c2ccc(OC(C)(C)C(OCOC)(C(F)(F)F)C(F)(F)F)cc2)cc1)C(F)(F)F. The van der Waals surface area contributed by atoms with Crippen LogP contribution >= 0.6 is 0 Å². The monoisotopic (exact) mass is 717 g/mol. The molecule has 2 atom stereocenters. The Hall–Kier alpha value is -3.18. The van der Waals surface area contributed by atoms with Crippen LogP contribution in [-0.4, -0.2) is 69.7 Å². The van der Waals surface area contributed by atoms with Crippen molar-refractivity contribution >= 4 is 10.9 Å². The predicted octanol–water partition coefficient (Wildman–Crippen LogP) is 8.74. The molecular formula is C32H34F9O6S+. The van der Waals surface area contributed by atoms with E-state index in [0.717, 1.165) is 18.9 Å². The molecule has 0 aliphatic heterocycles. The maximum atomic E-state index is 14.1. The minimum Gasteiger partial charge on any atom is -0.490 e. The summed E-state index contributed by atoms with van der Waals surface area (Å²) in [6, 6.07) is 20.6. The Labute approximate surface area is 274 Å². The third-order valence-corrected chi connectivity index (χ3v) is 9.35. The summed E-state index contributed by atoms with van der Waals surface area (Å²) >= 11 is 0. The van der Waals surface area contributed by atoms with Gasteiger partial charge in [0.2, 0.25) is 0 Å². The van der Waals surface area contributed by atoms with Gasteiger partial charge in [-0.15, -0.1) is 0 Å². The van der Waals surface area contributed by atoms with Crippen LogP contribution in [0.15, 0.2) is 93.5 Å². The van der Waals surface area contributed by atoms with E-state index in [4.69, 9.17) is 14.2 Å². The van der Waals surface area contributed by atoms with E-state index >= 15 is 0 Å². The molecular weight excluding hydrogens is 683 g/mol. The molecule has 16 heteroatoms. The molecule has 0 aliphatic carbocycles. The summed E-state index contributed by atoms with van der Waals surface area (Å²) in [5.41, 5.74) is -10.4. The maximum Gasteiger partial charge on any atom is 0.430 e. The van der Waals surface area contributed by atoms with Gasteiger partial charge in [0.15, 0.2) is 25.9 Å². The molecule has 266 valence electrons. The first-order valence-corrected chi connectivity index (χ1v) is 15.2. The Kier molecular flexibility index (Phi) is 12.4. The third kappa shape index (κ3) is 8.51. The fraction of sp³-hybridized carbons (Fsp3) is 0.438. The average molecular weight is 718 g/mol. The van der Waals surface area contributed by atoms with E-state index in [1.54, 1.807) is 30.3 Å². The number of hydrogen-bond acceptors (Lipinski definition) is 6. The number of benzene rings is 3. The Bertz CT molecular complexity index is 1420. The minimum atomic E-state index is -5.94. The number of ether oxygens (including phenoxy) is 6. The van der Waals surface area contributed by atoms with Crippen molar-refractivity contribution in [3.8, 4) is 11.5 Å². The lowest BCUT2D eigenvalue weighted by Gasteiger charge is -2.46. The van der Waals surface area contributed by atoms with Crippen molar-refractivity contribution in [3.63, 3.8) is 0 Å². The van der Waals surface area contributed by atoms with Crippen LogP contribution in [0.3, 0.4) is 0 Å². The largest absolute Gasteiger partial charge is 0.490 e. The van der Waals surface area contributed by atoms with Gasteiger partial charge < -0.3 is 28.4 Å². The van der Waals surface area contributed by atoms with Gasteiger partial charge in [0.25, 0.3) is 0 Å². The van der Waals surface area contributed by atoms with Crippen LogP contribution in [0.5, 0.6) is 11.5 Å². The van der Waals surface area contributed by atoms with Gasteiger partial charge >= 0.3 is 24.1 Å². The first kappa shape index (κ1) is 39.3. The second-order valence-electron chi connectivity index (χ2n) is 11.0. The second-order valence-corrected chi connectivity index (χ2v) is 13.0. The molecule has 3 aromatic rings. The van der Waals surface area contributed by atoms with E-state index in [1.165, 1.54) is 43.5 Å². The van der Waals surface area contributed by atoms with E-state index < -0.39 is 66.4 Å². The van der Waals surface area contributed by atoms with E-state index in [1.807, 2.05) is 12.1 Å². The standard InChI is InChI=1S/C32H34F9O6S/c1-27(2,29(31(36,37)38,32(39,40)41)46-21-43-5)47-23-13-17-26(18-14-23)48(24-9-7-6-8-10-24)25-15-11-22(12-16-25)44-19-28(3,30(33,34)35)45-20-42-4/h6-18H,19-21H2,1-5H3/q+1. The van der Waals surface area contributed by atoms with Crippen molar-refractivity contribution in [2.45, 2.75) is 70.8 Å². The first-order chi connectivity index (χ1) is 22.2. The van der Waals surface area contributed by atoms with Crippen LogP contribution in [0.25, 0.3) is 0 Å². The Morgan fingerprint density at radius 1 is 0.542 bits per heavy atom. The molecule has 0 bridgehead atoms. The molecule has 2 unspecified atom stereocenters. The summed E-state index contributed by atoms with van der Waals surface area (Å²) < 4.78 is 155. The molecule has 0 saturated carbocycles. The first-order valence-electron chi connectivity index (χ1n) is 14.0. The Morgan fingerprint density at radius 3 is 1.42 bits per heavy atom. The molecule has 0 spiro atoms. The predicted molar refractivity (Wildman–Crippen MR) is 157 cm³/mol. The highest BCUT2D eigenvalue weighted by Gasteiger charge is 2.80. The molecule has 0 radical (unpaired) electrons. The molecule has 3 rings (SSSR count). The lowest BCUT2D eigenvalue weighted by Crippen LogP contribution is -2.72. The van der Waals surface area contributed by atoms with Crippen LogP contribution in [-0.2, 0) is 29.8 Å². The van der Waals surface area contributed by atoms with Crippen LogP contribution in [0.1, 0.15) is 20.8 Å². The van der Waals surface area contributed by atoms with Crippen molar-refractivity contribution in [2.24, 2.45) is 0 Å². The highest BCUT2D eigenvalue weighted by molar-refractivity contribution is 7.97. The smallest absolute Gasteiger partial charge is 0.430 e. The number of methoxy groups -OCH3 is 2. The van der Waals surface area contributed by atoms with Crippen LogP contribution in [0, 0.1) is 0 Å². The summed E-state index contributed by atoms with van der Waals surface area (Å²) in [7, 11) is 1.20. The molecule has 0 fully saturated rings. The Balaban J connectivity index is 1.93. The highest BCUT2D eigenvalue weighted by Crippen LogP contribution is 2.53. The van der Waals surface area contributed by atoms with Crippen molar-refractivity contribution in [2.75, 3.05) is 34.4 Å². The van der Waals surface area contributed by atoms with Crippen molar-refractivity contribution in [3.05, 3.63) is 78.9 Å². The zero-order chi connectivity index (χ0) is 36.0. The zero-order valence-electron chi connectivity index (χ0n) is 26.4. The van der Waals surface area contributed by atoms with E-state index in [9.17, 15) is 39.5 Å². The van der Waals surface area contributed by atoms with Gasteiger partial charge in [0.1, 0.15) is 31.7 Å². The maximum absolute atomic E-state index is 14.1. The van der Waals surface area contributed by atoms with Crippen LogP contribution < -0.4 is 9.47 Å². The fourth-order valence-electron chi connectivity index (χ4n) is 4.59. The minimum absolute atomic E-state index is 0.117. The van der Waals surface area contributed by atoms with Gasteiger partial charge in [-0.05, 0) is 81.4 Å². The summed E-state index contributed by atoms with van der Waals surface area (Å²) in [6.45, 7) is -0.694. The van der Waals surface area contributed by atoms with Crippen LogP contribution in [0.4, 0.5) is 39.5 Å². The molecule has 0 heterocycles. The third-order valence-electron chi connectivity index (χ3n) is 7.12. The number of hydrogen-bond donors (Lipinski definition) is 0. The number of alkyl halides is 9. The molecule has 0 aromatic heterocycles. The van der Waals surface area contributed by atoms with Gasteiger partial charge in [-0.3, -0.25) is 0 Å². The topological polar surface area (TPSA) is 55.4 Å². The van der Waals surface area contributed by atoms with Crippen molar-refractivity contribution < 1.29 is 67.9 Å². The van der Waals surface area contributed by atoms with Crippen LogP contribution in [0.2, 0.25) is 0 Å². The van der Waals surface area contributed by atoms with Gasteiger partial charge in [-0.1, -0.05) is 18.2 Å². The number of rotatable bonds is 15. The van der Waals surface area contributed by atoms with Crippen molar-refractivity contribution in [1.29, 1.82) is 0 Å². The molecule has 0 aliphatic rings. The lowest BCUT2D eigenvalue weighted by atomic mass is 9.83. The van der Waals surface area contributed by atoms with E-state index in [-0.39, 0.29) is 11.5 Å². The average Bonchev–Trinajstić information content (AvgIpc) is 2.99. The quantitative estimate of drug-likeness (QED) is 0.0891. The van der Waals surface area contributed by atoms with Gasteiger partial charge in [0.05, 0.1) is 10.9 Å². The molecule has 6 nitrogen and oxygen atoms in total. The second kappa shape index (κ2) is 15.2. The summed E-state index contributed by atoms with van der Waals surface area (Å²) in [5, 5.41) is 0. The number of halogens is 9. The highest BCUT2D eigenvalue weighted by atomic mass is 32.2. The van der Waals surface area contributed by atoms with E-state index in [0.29, 0.717) is 23.6 Å². The zero-order valence-corrected chi connectivity index (χ0v) is 27.2.